The first kappa shape index (κ1) is 13.6. The molecule has 102 valence electrons. The van der Waals surface area contributed by atoms with Gasteiger partial charge in [0.15, 0.2) is 0 Å². The van der Waals surface area contributed by atoms with E-state index in [4.69, 9.17) is 4.52 Å². The Morgan fingerprint density at radius 1 is 1.53 bits per heavy atom. The molecule has 19 heavy (non-hydrogen) atoms. The number of hydrogen-bond donors (Lipinski definition) is 1. The fourth-order valence-corrected chi connectivity index (χ4v) is 2.41. The van der Waals surface area contributed by atoms with E-state index in [1.165, 1.54) is 0 Å². The summed E-state index contributed by atoms with van der Waals surface area (Å²) >= 11 is 1.62. The van der Waals surface area contributed by atoms with Crippen molar-refractivity contribution in [3.05, 3.63) is 39.4 Å². The number of nitrogens with one attached hydrogen (secondary N) is 1. The molecular weight excluding hydrogens is 262 g/mol. The van der Waals surface area contributed by atoms with Crippen LogP contribution in [0.3, 0.4) is 0 Å². The van der Waals surface area contributed by atoms with E-state index in [0.29, 0.717) is 13.1 Å². The average molecular weight is 279 g/mol. The Morgan fingerprint density at radius 2 is 2.32 bits per heavy atom. The topological polar surface area (TPSA) is 58.4 Å². The summed E-state index contributed by atoms with van der Waals surface area (Å²) in [5.41, 5.74) is 2.91. The number of carbonyl (C=O) groups excluding carboxylic acids is 1. The van der Waals surface area contributed by atoms with Crippen molar-refractivity contribution < 1.29 is 9.32 Å². The molecule has 2 rings (SSSR count). The fraction of sp³-hybridized carbons (Fsp3) is 0.385. The van der Waals surface area contributed by atoms with Gasteiger partial charge in [-0.05, 0) is 36.2 Å². The van der Waals surface area contributed by atoms with E-state index in [-0.39, 0.29) is 6.03 Å². The largest absolute Gasteiger partial charge is 0.361 e. The molecule has 0 atom stereocenters. The van der Waals surface area contributed by atoms with Gasteiger partial charge in [0.05, 0.1) is 12.2 Å². The summed E-state index contributed by atoms with van der Waals surface area (Å²) in [6.45, 7) is 4.78. The minimum Gasteiger partial charge on any atom is -0.361 e. The second-order valence-corrected chi connectivity index (χ2v) is 5.23. The van der Waals surface area contributed by atoms with E-state index >= 15 is 0 Å². The zero-order valence-corrected chi connectivity index (χ0v) is 12.1. The Hall–Kier alpha value is -1.82. The summed E-state index contributed by atoms with van der Waals surface area (Å²) in [5.74, 6) is 0.759. The number of hydrogen-bond acceptors (Lipinski definition) is 4. The van der Waals surface area contributed by atoms with Crippen LogP contribution in [0.5, 0.6) is 0 Å². The maximum atomic E-state index is 12.0. The molecule has 0 aliphatic carbocycles. The highest BCUT2D eigenvalue weighted by Gasteiger charge is 2.15. The quantitative estimate of drug-likeness (QED) is 0.936. The minimum absolute atomic E-state index is 0.105. The average Bonchev–Trinajstić information content (AvgIpc) is 3.00. The summed E-state index contributed by atoms with van der Waals surface area (Å²) in [7, 11) is 1.76. The molecule has 2 aromatic rings. The molecule has 0 unspecified atom stereocenters. The number of amides is 2. The van der Waals surface area contributed by atoms with Gasteiger partial charge in [0, 0.05) is 19.2 Å². The third-order valence-corrected chi connectivity index (χ3v) is 3.68. The molecular formula is C13H17N3O2S. The van der Waals surface area contributed by atoms with Gasteiger partial charge < -0.3 is 14.7 Å². The van der Waals surface area contributed by atoms with Crippen LogP contribution in [0.2, 0.25) is 0 Å². The molecule has 2 amide bonds. The normalized spacial score (nSPS) is 10.5. The highest BCUT2D eigenvalue weighted by Crippen LogP contribution is 2.14. The number of urea groups is 1. The van der Waals surface area contributed by atoms with Crippen molar-refractivity contribution in [1.29, 1.82) is 0 Å². The number of nitrogens with zero attached hydrogens (tertiary/aromatic N) is 2. The highest BCUT2D eigenvalue weighted by atomic mass is 32.1. The highest BCUT2D eigenvalue weighted by molar-refractivity contribution is 7.07. The second-order valence-electron chi connectivity index (χ2n) is 4.45. The molecule has 0 aliphatic rings. The van der Waals surface area contributed by atoms with Crippen LogP contribution >= 0.6 is 11.3 Å². The van der Waals surface area contributed by atoms with E-state index in [9.17, 15) is 4.79 Å². The van der Waals surface area contributed by atoms with Crippen LogP contribution in [-0.4, -0.2) is 23.1 Å². The van der Waals surface area contributed by atoms with Crippen LogP contribution < -0.4 is 5.32 Å². The van der Waals surface area contributed by atoms with Gasteiger partial charge in [0.2, 0.25) is 0 Å². The number of thiophene rings is 1. The smallest absolute Gasteiger partial charge is 0.317 e. The number of aryl methyl sites for hydroxylation is 2. The molecule has 0 saturated carbocycles. The van der Waals surface area contributed by atoms with Crippen molar-refractivity contribution in [1.82, 2.24) is 15.4 Å². The van der Waals surface area contributed by atoms with Gasteiger partial charge in [-0.1, -0.05) is 5.16 Å². The summed E-state index contributed by atoms with van der Waals surface area (Å²) in [5, 5.41) is 10.8. The molecule has 2 aromatic heterocycles. The first-order valence-electron chi connectivity index (χ1n) is 5.99. The van der Waals surface area contributed by atoms with Crippen LogP contribution in [0.25, 0.3) is 0 Å². The molecule has 6 heteroatoms. The Kier molecular flexibility index (Phi) is 4.21. The molecule has 5 nitrogen and oxygen atoms in total. The van der Waals surface area contributed by atoms with Gasteiger partial charge in [0.1, 0.15) is 5.76 Å². The molecule has 0 aromatic carbocycles. The molecule has 0 radical (unpaired) electrons. The first-order valence-corrected chi connectivity index (χ1v) is 6.94. The Labute approximate surface area is 116 Å². The lowest BCUT2D eigenvalue weighted by atomic mass is 10.2. The summed E-state index contributed by atoms with van der Waals surface area (Å²) in [4.78, 5) is 13.6. The zero-order chi connectivity index (χ0) is 13.8. The molecule has 0 spiro atoms. The summed E-state index contributed by atoms with van der Waals surface area (Å²) in [6.07, 6.45) is 0. The molecule has 0 saturated heterocycles. The van der Waals surface area contributed by atoms with Gasteiger partial charge in [-0.15, -0.1) is 0 Å². The van der Waals surface area contributed by atoms with Crippen LogP contribution in [0.4, 0.5) is 4.79 Å². The minimum atomic E-state index is -0.105. The van der Waals surface area contributed by atoms with Crippen molar-refractivity contribution in [3.8, 4) is 0 Å². The summed E-state index contributed by atoms with van der Waals surface area (Å²) < 4.78 is 5.09. The Balaban J connectivity index is 1.89. The van der Waals surface area contributed by atoms with Gasteiger partial charge in [-0.3, -0.25) is 0 Å². The second kappa shape index (κ2) is 5.88. The maximum Gasteiger partial charge on any atom is 0.317 e. The standard InChI is InChI=1S/C13H17N3O2S/c1-9-12(10(2)18-15-9)7-16(3)13(17)14-6-11-4-5-19-8-11/h4-5,8H,6-7H2,1-3H3,(H,14,17). The number of rotatable bonds is 4. The number of aromatic nitrogens is 1. The zero-order valence-electron chi connectivity index (χ0n) is 11.3. The van der Waals surface area contributed by atoms with E-state index < -0.39 is 0 Å². The fourth-order valence-electron chi connectivity index (χ4n) is 1.74. The molecule has 2 heterocycles. The van der Waals surface area contributed by atoms with Crippen molar-refractivity contribution in [2.75, 3.05) is 7.05 Å². The molecule has 0 aliphatic heterocycles. The third kappa shape index (κ3) is 3.35. The molecule has 0 fully saturated rings. The van der Waals surface area contributed by atoms with Crippen LogP contribution in [0, 0.1) is 13.8 Å². The summed E-state index contributed by atoms with van der Waals surface area (Å²) in [6, 6.07) is 1.89. The van der Waals surface area contributed by atoms with E-state index in [1.54, 1.807) is 23.3 Å². The Bertz CT molecular complexity index is 529. The maximum absolute atomic E-state index is 12.0. The van der Waals surface area contributed by atoms with Crippen molar-refractivity contribution in [2.45, 2.75) is 26.9 Å². The van der Waals surface area contributed by atoms with E-state index in [0.717, 1.165) is 22.6 Å². The van der Waals surface area contributed by atoms with Crippen LogP contribution in [0.1, 0.15) is 22.6 Å². The van der Waals surface area contributed by atoms with Gasteiger partial charge >= 0.3 is 6.03 Å². The van der Waals surface area contributed by atoms with Crippen LogP contribution in [-0.2, 0) is 13.1 Å². The lowest BCUT2D eigenvalue weighted by molar-refractivity contribution is 0.206. The molecule has 0 bridgehead atoms. The van der Waals surface area contributed by atoms with Crippen molar-refractivity contribution >= 4 is 17.4 Å². The van der Waals surface area contributed by atoms with Gasteiger partial charge in [0.25, 0.3) is 0 Å². The predicted molar refractivity (Wildman–Crippen MR) is 74.0 cm³/mol. The van der Waals surface area contributed by atoms with Gasteiger partial charge in [-0.25, -0.2) is 4.79 Å². The predicted octanol–water partition coefficient (Wildman–Crippen LogP) is 2.69. The SMILES string of the molecule is Cc1noc(C)c1CN(C)C(=O)NCc1ccsc1. The lowest BCUT2D eigenvalue weighted by Crippen LogP contribution is -2.36. The first-order chi connectivity index (χ1) is 9.08. The van der Waals surface area contributed by atoms with E-state index in [2.05, 4.69) is 10.5 Å². The monoisotopic (exact) mass is 279 g/mol. The molecule has 1 N–H and O–H groups in total. The van der Waals surface area contributed by atoms with Gasteiger partial charge in [-0.2, -0.15) is 11.3 Å². The van der Waals surface area contributed by atoms with Crippen molar-refractivity contribution in [3.63, 3.8) is 0 Å². The third-order valence-electron chi connectivity index (χ3n) is 2.95. The van der Waals surface area contributed by atoms with E-state index in [1.807, 2.05) is 30.7 Å². The van der Waals surface area contributed by atoms with Crippen LogP contribution in [0.15, 0.2) is 21.3 Å². The number of carbonyl (C=O) groups is 1. The lowest BCUT2D eigenvalue weighted by Gasteiger charge is -2.17. The Morgan fingerprint density at radius 3 is 2.89 bits per heavy atom. The van der Waals surface area contributed by atoms with Crippen molar-refractivity contribution in [2.24, 2.45) is 0 Å².